The van der Waals surface area contributed by atoms with Crippen LogP contribution in [-0.2, 0) is 0 Å². The molecule has 1 aromatic carbocycles. The summed E-state index contributed by atoms with van der Waals surface area (Å²) in [7, 11) is 0. The summed E-state index contributed by atoms with van der Waals surface area (Å²) in [6, 6.07) is 7.15. The van der Waals surface area contributed by atoms with Gasteiger partial charge in [0, 0.05) is 6.20 Å². The summed E-state index contributed by atoms with van der Waals surface area (Å²) in [5.74, 6) is 1.37. The fourth-order valence-electron chi connectivity index (χ4n) is 2.15. The van der Waals surface area contributed by atoms with Gasteiger partial charge in [-0.05, 0) is 30.7 Å². The maximum Gasteiger partial charge on any atom is 0.250 e. The van der Waals surface area contributed by atoms with Gasteiger partial charge in [0.15, 0.2) is 11.5 Å². The molecule has 1 aromatic heterocycles. The monoisotopic (exact) mass is 319 g/mol. The van der Waals surface area contributed by atoms with Crippen molar-refractivity contribution in [3.8, 4) is 11.5 Å². The Morgan fingerprint density at radius 2 is 2.14 bits per heavy atom. The highest BCUT2D eigenvalue weighted by molar-refractivity contribution is 6.33. The normalized spacial score (nSPS) is 13.7. The van der Waals surface area contributed by atoms with Gasteiger partial charge in [0.2, 0.25) is 12.7 Å². The van der Waals surface area contributed by atoms with Crippen molar-refractivity contribution in [3.63, 3.8) is 0 Å². The zero-order chi connectivity index (χ0) is 15.7. The predicted molar refractivity (Wildman–Crippen MR) is 82.4 cm³/mol. The number of halogens is 1. The molecular formula is C15H14ClN3O3. The van der Waals surface area contributed by atoms with Crippen LogP contribution in [0.2, 0.25) is 5.02 Å². The lowest BCUT2D eigenvalue weighted by atomic mass is 10.1. The first-order valence-corrected chi connectivity index (χ1v) is 7.04. The Balaban J connectivity index is 1.79. The number of pyridine rings is 1. The summed E-state index contributed by atoms with van der Waals surface area (Å²) in [6.07, 6.45) is 1.39. The number of aromatic nitrogens is 1. The van der Waals surface area contributed by atoms with E-state index in [1.807, 2.05) is 25.1 Å². The minimum atomic E-state index is -0.565. The summed E-state index contributed by atoms with van der Waals surface area (Å²) >= 11 is 6.12. The van der Waals surface area contributed by atoms with Gasteiger partial charge >= 0.3 is 0 Å². The van der Waals surface area contributed by atoms with Crippen LogP contribution < -0.4 is 20.5 Å². The van der Waals surface area contributed by atoms with Crippen molar-refractivity contribution in [1.82, 2.24) is 4.98 Å². The summed E-state index contributed by atoms with van der Waals surface area (Å²) in [5.41, 5.74) is 6.46. The fourth-order valence-corrected chi connectivity index (χ4v) is 2.37. The van der Waals surface area contributed by atoms with Crippen molar-refractivity contribution in [1.29, 1.82) is 0 Å². The Morgan fingerprint density at radius 1 is 1.36 bits per heavy atom. The number of primary amides is 1. The van der Waals surface area contributed by atoms with E-state index in [9.17, 15) is 4.79 Å². The molecule has 2 heterocycles. The molecule has 0 saturated heterocycles. The van der Waals surface area contributed by atoms with E-state index in [4.69, 9.17) is 26.8 Å². The van der Waals surface area contributed by atoms with Crippen molar-refractivity contribution in [3.05, 3.63) is 46.6 Å². The second-order valence-corrected chi connectivity index (χ2v) is 5.30. The lowest BCUT2D eigenvalue weighted by Crippen LogP contribution is -2.13. The first kappa shape index (κ1) is 14.5. The predicted octanol–water partition coefficient (Wildman–Crippen LogP) is 2.74. The fraction of sp³-hybridized carbons (Fsp3) is 0.200. The second-order valence-electron chi connectivity index (χ2n) is 4.90. The van der Waals surface area contributed by atoms with Gasteiger partial charge < -0.3 is 20.5 Å². The number of benzene rings is 1. The summed E-state index contributed by atoms with van der Waals surface area (Å²) in [6.45, 7) is 2.21. The van der Waals surface area contributed by atoms with E-state index in [-0.39, 0.29) is 18.4 Å². The highest BCUT2D eigenvalue weighted by atomic mass is 35.5. The summed E-state index contributed by atoms with van der Waals surface area (Å²) in [5, 5.41) is 3.53. The van der Waals surface area contributed by atoms with E-state index in [0.717, 1.165) is 11.3 Å². The Kier molecular flexibility index (Phi) is 3.77. The number of carbonyl (C=O) groups excluding carboxylic acids is 1. The Hall–Kier alpha value is -2.47. The van der Waals surface area contributed by atoms with Crippen molar-refractivity contribution in [2.45, 2.75) is 13.0 Å². The third kappa shape index (κ3) is 2.78. The zero-order valence-electron chi connectivity index (χ0n) is 11.8. The van der Waals surface area contributed by atoms with Crippen LogP contribution in [0.25, 0.3) is 0 Å². The van der Waals surface area contributed by atoms with Crippen molar-refractivity contribution < 1.29 is 14.3 Å². The van der Waals surface area contributed by atoms with Crippen LogP contribution in [-0.4, -0.2) is 17.7 Å². The van der Waals surface area contributed by atoms with Gasteiger partial charge in [-0.2, -0.15) is 0 Å². The van der Waals surface area contributed by atoms with Gasteiger partial charge in [0.25, 0.3) is 0 Å². The molecule has 2 aromatic rings. The largest absolute Gasteiger partial charge is 0.454 e. The lowest BCUT2D eigenvalue weighted by molar-refractivity contribution is 0.1000. The molecule has 3 rings (SSSR count). The molecule has 1 aliphatic rings. The van der Waals surface area contributed by atoms with Crippen molar-refractivity contribution >= 4 is 23.3 Å². The Morgan fingerprint density at radius 3 is 2.86 bits per heavy atom. The zero-order valence-corrected chi connectivity index (χ0v) is 12.6. The Labute approximate surface area is 132 Å². The van der Waals surface area contributed by atoms with Crippen LogP contribution in [0.15, 0.2) is 30.5 Å². The molecule has 1 aliphatic heterocycles. The number of ether oxygens (including phenoxy) is 2. The second kappa shape index (κ2) is 5.73. The number of amides is 1. The van der Waals surface area contributed by atoms with Crippen molar-refractivity contribution in [2.24, 2.45) is 5.73 Å². The molecule has 0 fully saturated rings. The molecule has 0 radical (unpaired) electrons. The SMILES string of the molecule is C[C@H](Nc1ncc(C(N)=O)cc1Cl)c1ccc2c(c1)OCO2. The summed E-state index contributed by atoms with van der Waals surface area (Å²) in [4.78, 5) is 15.2. The number of nitrogens with zero attached hydrogens (tertiary/aromatic N) is 1. The molecular weight excluding hydrogens is 306 g/mol. The maximum atomic E-state index is 11.1. The highest BCUT2D eigenvalue weighted by Crippen LogP contribution is 2.35. The van der Waals surface area contributed by atoms with Gasteiger partial charge in [-0.3, -0.25) is 4.79 Å². The average molecular weight is 320 g/mol. The number of nitrogens with two attached hydrogens (primary N) is 1. The van der Waals surface area contributed by atoms with Gasteiger partial charge in [-0.15, -0.1) is 0 Å². The number of carbonyl (C=O) groups is 1. The first-order valence-electron chi connectivity index (χ1n) is 6.66. The van der Waals surface area contributed by atoms with E-state index in [1.165, 1.54) is 12.3 Å². The van der Waals surface area contributed by atoms with Crippen LogP contribution in [0.1, 0.15) is 28.9 Å². The number of fused-ring (bicyclic) bond motifs is 1. The molecule has 6 nitrogen and oxygen atoms in total. The minimum Gasteiger partial charge on any atom is -0.454 e. The van der Waals surface area contributed by atoms with Crippen molar-refractivity contribution in [2.75, 3.05) is 12.1 Å². The quantitative estimate of drug-likeness (QED) is 0.905. The minimum absolute atomic E-state index is 0.0565. The van der Waals surface area contributed by atoms with E-state index >= 15 is 0 Å². The topological polar surface area (TPSA) is 86.5 Å². The van der Waals surface area contributed by atoms with Gasteiger partial charge in [-0.1, -0.05) is 17.7 Å². The molecule has 0 aliphatic carbocycles. The van der Waals surface area contributed by atoms with E-state index in [0.29, 0.717) is 16.6 Å². The van der Waals surface area contributed by atoms with Crippen LogP contribution >= 0.6 is 11.6 Å². The molecule has 0 unspecified atom stereocenters. The Bertz CT molecular complexity index is 736. The van der Waals surface area contributed by atoms with Crippen LogP contribution in [0.3, 0.4) is 0 Å². The number of rotatable bonds is 4. The molecule has 0 spiro atoms. The molecule has 0 saturated carbocycles. The van der Waals surface area contributed by atoms with E-state index < -0.39 is 5.91 Å². The smallest absolute Gasteiger partial charge is 0.250 e. The molecule has 1 atom stereocenters. The number of hydrogen-bond acceptors (Lipinski definition) is 5. The average Bonchev–Trinajstić information content (AvgIpc) is 2.96. The highest BCUT2D eigenvalue weighted by Gasteiger charge is 2.17. The molecule has 7 heteroatoms. The number of hydrogen-bond donors (Lipinski definition) is 2. The summed E-state index contributed by atoms with van der Waals surface area (Å²) < 4.78 is 10.6. The maximum absolute atomic E-state index is 11.1. The number of anilines is 1. The molecule has 22 heavy (non-hydrogen) atoms. The van der Waals surface area contributed by atoms with Crippen LogP contribution in [0.5, 0.6) is 11.5 Å². The van der Waals surface area contributed by atoms with Gasteiger partial charge in [0.1, 0.15) is 5.82 Å². The van der Waals surface area contributed by atoms with Gasteiger partial charge in [0.05, 0.1) is 16.6 Å². The lowest BCUT2D eigenvalue weighted by Gasteiger charge is -2.16. The standard InChI is InChI=1S/C15H14ClN3O3/c1-8(9-2-3-12-13(5-9)22-7-21-12)19-15-11(16)4-10(6-18-15)14(17)20/h2-6,8H,7H2,1H3,(H2,17,20)(H,18,19)/t8-/m0/s1. The molecule has 0 bridgehead atoms. The third-order valence-corrected chi connectivity index (χ3v) is 3.66. The van der Waals surface area contributed by atoms with E-state index in [2.05, 4.69) is 10.3 Å². The van der Waals surface area contributed by atoms with Crippen LogP contribution in [0, 0.1) is 0 Å². The number of nitrogens with one attached hydrogen (secondary N) is 1. The van der Waals surface area contributed by atoms with E-state index in [1.54, 1.807) is 0 Å². The molecule has 1 amide bonds. The first-order chi connectivity index (χ1) is 10.5. The van der Waals surface area contributed by atoms with Crippen LogP contribution in [0.4, 0.5) is 5.82 Å². The third-order valence-electron chi connectivity index (χ3n) is 3.38. The molecule has 3 N–H and O–H groups in total. The van der Waals surface area contributed by atoms with Gasteiger partial charge in [-0.25, -0.2) is 4.98 Å². The molecule has 114 valence electrons.